The van der Waals surface area contributed by atoms with Gasteiger partial charge in [0.05, 0.1) is 11.9 Å². The summed E-state index contributed by atoms with van der Waals surface area (Å²) in [5.41, 5.74) is 0.752. The van der Waals surface area contributed by atoms with Crippen LogP contribution in [0.1, 0.15) is 25.7 Å². The highest BCUT2D eigenvalue weighted by atomic mass is 16.2. The van der Waals surface area contributed by atoms with E-state index in [2.05, 4.69) is 25.3 Å². The molecule has 2 aromatic rings. The number of urea groups is 1. The van der Waals surface area contributed by atoms with Gasteiger partial charge in [-0.05, 0) is 43.7 Å². The van der Waals surface area contributed by atoms with Gasteiger partial charge in [0.25, 0.3) is 0 Å². The Morgan fingerprint density at radius 2 is 1.96 bits per heavy atom. The molecular formula is C18H25N7O. The first-order valence-electron chi connectivity index (χ1n) is 9.37. The van der Waals surface area contributed by atoms with E-state index in [1.165, 1.54) is 12.8 Å². The normalized spacial score (nSPS) is 18.3. The number of nitrogens with one attached hydrogen (secondary N) is 1. The first kappa shape index (κ1) is 16.8. The molecule has 4 rings (SSSR count). The molecule has 0 aliphatic carbocycles. The van der Waals surface area contributed by atoms with Crippen LogP contribution in [-0.4, -0.2) is 56.9 Å². The molecular weight excluding hydrogens is 330 g/mol. The lowest BCUT2D eigenvalue weighted by atomic mass is 9.97. The topological polar surface area (TPSA) is 79.2 Å². The van der Waals surface area contributed by atoms with Gasteiger partial charge in [-0.25, -0.2) is 14.8 Å². The monoisotopic (exact) mass is 355 g/mol. The minimum absolute atomic E-state index is 0.0417. The number of hydrogen-bond acceptors (Lipinski definition) is 5. The van der Waals surface area contributed by atoms with Crippen molar-refractivity contribution in [1.82, 2.24) is 24.6 Å². The van der Waals surface area contributed by atoms with Crippen molar-refractivity contribution in [2.24, 2.45) is 5.92 Å². The number of anilines is 2. The largest absolute Gasteiger partial charge is 0.357 e. The minimum Gasteiger partial charge on any atom is -0.357 e. The van der Waals surface area contributed by atoms with Crippen LogP contribution in [0.5, 0.6) is 0 Å². The van der Waals surface area contributed by atoms with Crippen LogP contribution in [0.3, 0.4) is 0 Å². The van der Waals surface area contributed by atoms with Gasteiger partial charge in [-0.1, -0.05) is 0 Å². The van der Waals surface area contributed by atoms with Gasteiger partial charge in [0.2, 0.25) is 0 Å². The number of likely N-dealkylation sites (tertiary alicyclic amines) is 1. The average molecular weight is 355 g/mol. The Morgan fingerprint density at radius 3 is 2.62 bits per heavy atom. The predicted octanol–water partition coefficient (Wildman–Crippen LogP) is 2.22. The Bertz CT molecular complexity index is 702. The zero-order valence-corrected chi connectivity index (χ0v) is 14.9. The summed E-state index contributed by atoms with van der Waals surface area (Å²) < 4.78 is 1.87. The first-order chi connectivity index (χ1) is 12.8. The molecule has 8 heteroatoms. The van der Waals surface area contributed by atoms with Crippen LogP contribution in [0.4, 0.5) is 16.3 Å². The van der Waals surface area contributed by atoms with Gasteiger partial charge in [-0.2, -0.15) is 5.10 Å². The molecule has 2 fully saturated rings. The maximum atomic E-state index is 12.5. The van der Waals surface area contributed by atoms with E-state index in [9.17, 15) is 4.79 Å². The Balaban J connectivity index is 1.26. The molecule has 2 aliphatic heterocycles. The quantitative estimate of drug-likeness (QED) is 0.910. The van der Waals surface area contributed by atoms with Gasteiger partial charge in [0.15, 0.2) is 0 Å². The summed E-state index contributed by atoms with van der Waals surface area (Å²) in [5, 5.41) is 7.13. The lowest BCUT2D eigenvalue weighted by molar-refractivity contribution is 0.175. The fraction of sp³-hybridized carbons (Fsp3) is 0.556. The molecule has 8 nitrogen and oxygen atoms in total. The lowest BCUT2D eigenvalue weighted by Gasteiger charge is -2.31. The summed E-state index contributed by atoms with van der Waals surface area (Å²) in [6.45, 7) is 4.55. The van der Waals surface area contributed by atoms with E-state index in [1.54, 1.807) is 18.9 Å². The van der Waals surface area contributed by atoms with Gasteiger partial charge in [0.1, 0.15) is 18.5 Å². The zero-order chi connectivity index (χ0) is 17.8. The molecule has 2 aromatic heterocycles. The van der Waals surface area contributed by atoms with Crippen LogP contribution in [0.15, 0.2) is 31.0 Å². The molecule has 0 bridgehead atoms. The van der Waals surface area contributed by atoms with E-state index in [1.807, 2.05) is 21.7 Å². The van der Waals surface area contributed by atoms with E-state index in [-0.39, 0.29) is 6.03 Å². The third kappa shape index (κ3) is 3.95. The highest BCUT2D eigenvalue weighted by Crippen LogP contribution is 2.21. The second kappa shape index (κ2) is 7.72. The van der Waals surface area contributed by atoms with E-state index in [0.717, 1.165) is 57.1 Å². The van der Waals surface area contributed by atoms with Crippen LogP contribution in [0.25, 0.3) is 0 Å². The molecule has 0 spiro atoms. The van der Waals surface area contributed by atoms with Crippen LogP contribution in [-0.2, 0) is 6.54 Å². The summed E-state index contributed by atoms with van der Waals surface area (Å²) in [4.78, 5) is 25.1. The highest BCUT2D eigenvalue weighted by Gasteiger charge is 2.23. The molecule has 0 aromatic carbocycles. The molecule has 0 unspecified atom stereocenters. The van der Waals surface area contributed by atoms with E-state index < -0.39 is 0 Å². The number of nitrogens with zero attached hydrogens (tertiary/aromatic N) is 6. The summed E-state index contributed by atoms with van der Waals surface area (Å²) in [6.07, 6.45) is 9.49. The fourth-order valence-electron chi connectivity index (χ4n) is 3.71. The highest BCUT2D eigenvalue weighted by molar-refractivity contribution is 5.89. The molecule has 0 radical (unpaired) electrons. The molecule has 4 heterocycles. The van der Waals surface area contributed by atoms with Gasteiger partial charge in [-0.3, -0.25) is 4.68 Å². The van der Waals surface area contributed by atoms with Crippen molar-refractivity contribution >= 4 is 17.5 Å². The third-order valence-corrected chi connectivity index (χ3v) is 5.24. The number of carbonyl (C=O) groups excluding carboxylic acids is 1. The van der Waals surface area contributed by atoms with Crippen molar-refractivity contribution < 1.29 is 4.79 Å². The van der Waals surface area contributed by atoms with Crippen molar-refractivity contribution in [3.05, 3.63) is 31.0 Å². The number of pyridine rings is 1. The Morgan fingerprint density at radius 1 is 1.15 bits per heavy atom. The minimum atomic E-state index is -0.0417. The molecule has 2 aliphatic rings. The smallest absolute Gasteiger partial charge is 0.321 e. The molecule has 26 heavy (non-hydrogen) atoms. The van der Waals surface area contributed by atoms with E-state index in [0.29, 0.717) is 5.92 Å². The number of amides is 2. The Labute approximate surface area is 153 Å². The zero-order valence-electron chi connectivity index (χ0n) is 14.9. The summed E-state index contributed by atoms with van der Waals surface area (Å²) >= 11 is 0. The van der Waals surface area contributed by atoms with Crippen LogP contribution >= 0.6 is 0 Å². The molecule has 2 saturated heterocycles. The predicted molar refractivity (Wildman–Crippen MR) is 99.0 cm³/mol. The van der Waals surface area contributed by atoms with Crippen LogP contribution in [0.2, 0.25) is 0 Å². The standard InChI is InChI=1S/C18H25N7O/c26-18(22-16-3-4-17(20-11-16)23-7-1-2-8-23)24-9-5-15(6-10-24)12-25-14-19-13-21-25/h3-4,11,13-15H,1-2,5-10,12H2,(H,22,26). The van der Waals surface area contributed by atoms with Gasteiger partial charge in [0, 0.05) is 32.7 Å². The second-order valence-corrected chi connectivity index (χ2v) is 7.08. The second-order valence-electron chi connectivity index (χ2n) is 7.08. The Hall–Kier alpha value is -2.64. The van der Waals surface area contributed by atoms with Crippen molar-refractivity contribution in [1.29, 1.82) is 0 Å². The molecule has 0 saturated carbocycles. The first-order valence-corrected chi connectivity index (χ1v) is 9.37. The number of aromatic nitrogens is 4. The van der Waals surface area contributed by atoms with E-state index in [4.69, 9.17) is 0 Å². The molecule has 138 valence electrons. The SMILES string of the molecule is O=C(Nc1ccc(N2CCCC2)nc1)N1CCC(Cn2cncn2)CC1. The maximum absolute atomic E-state index is 12.5. The van der Waals surface area contributed by atoms with Crippen molar-refractivity contribution in [2.45, 2.75) is 32.2 Å². The maximum Gasteiger partial charge on any atom is 0.321 e. The molecule has 0 atom stereocenters. The summed E-state index contributed by atoms with van der Waals surface area (Å²) in [7, 11) is 0. The number of carbonyl (C=O) groups is 1. The van der Waals surface area contributed by atoms with Crippen LogP contribution in [0, 0.1) is 5.92 Å². The van der Waals surface area contributed by atoms with Gasteiger partial charge < -0.3 is 15.1 Å². The van der Waals surface area contributed by atoms with E-state index >= 15 is 0 Å². The van der Waals surface area contributed by atoms with Gasteiger partial charge in [-0.15, -0.1) is 0 Å². The molecule has 2 amide bonds. The molecule has 1 N–H and O–H groups in total. The number of hydrogen-bond donors (Lipinski definition) is 1. The van der Waals surface area contributed by atoms with Crippen molar-refractivity contribution in [3.8, 4) is 0 Å². The van der Waals surface area contributed by atoms with Crippen molar-refractivity contribution in [3.63, 3.8) is 0 Å². The van der Waals surface area contributed by atoms with Gasteiger partial charge >= 0.3 is 6.03 Å². The summed E-state index contributed by atoms with van der Waals surface area (Å²) in [6, 6.07) is 3.89. The van der Waals surface area contributed by atoms with Crippen LogP contribution < -0.4 is 10.2 Å². The average Bonchev–Trinajstić information content (AvgIpc) is 3.37. The van der Waals surface area contributed by atoms with Crippen molar-refractivity contribution in [2.75, 3.05) is 36.4 Å². The fourth-order valence-corrected chi connectivity index (χ4v) is 3.71. The number of piperidine rings is 1. The Kier molecular flexibility index (Phi) is 4.99. The summed E-state index contributed by atoms with van der Waals surface area (Å²) in [5.74, 6) is 1.54. The number of rotatable bonds is 4. The lowest BCUT2D eigenvalue weighted by Crippen LogP contribution is -2.41. The third-order valence-electron chi connectivity index (χ3n) is 5.24.